The van der Waals surface area contributed by atoms with Gasteiger partial charge in [0.1, 0.15) is 23.5 Å². The van der Waals surface area contributed by atoms with Crippen LogP contribution in [0.4, 0.5) is 5.82 Å². The molecular weight excluding hydrogens is 248 g/mol. The fourth-order valence-electron chi connectivity index (χ4n) is 2.25. The molecule has 1 aliphatic heterocycles. The first kappa shape index (κ1) is 11.9. The summed E-state index contributed by atoms with van der Waals surface area (Å²) in [6, 6.07) is 1.58. The number of aromatic nitrogens is 3. The third kappa shape index (κ3) is 2.24. The average Bonchev–Trinajstić information content (AvgIpc) is 2.67. The van der Waals surface area contributed by atoms with Gasteiger partial charge in [0.2, 0.25) is 0 Å². The van der Waals surface area contributed by atoms with Gasteiger partial charge in [-0.25, -0.2) is 14.8 Å². The molecule has 19 heavy (non-hydrogen) atoms. The minimum absolute atomic E-state index is 0.128. The Morgan fingerprint density at radius 1 is 1.37 bits per heavy atom. The maximum Gasteiger partial charge on any atom is 0.352 e. The number of fused-ring (bicyclic) bond motifs is 1. The number of ether oxygens (including phenoxy) is 1. The minimum Gasteiger partial charge on any atom is -0.477 e. The molecule has 1 saturated heterocycles. The summed E-state index contributed by atoms with van der Waals surface area (Å²) in [5.41, 5.74) is 0.676. The van der Waals surface area contributed by atoms with E-state index in [9.17, 15) is 4.79 Å². The van der Waals surface area contributed by atoms with E-state index < -0.39 is 5.97 Å². The lowest BCUT2D eigenvalue weighted by atomic mass is 10.3. The summed E-state index contributed by atoms with van der Waals surface area (Å²) >= 11 is 0. The van der Waals surface area contributed by atoms with Gasteiger partial charge in [-0.2, -0.15) is 0 Å². The Labute approximate surface area is 109 Å². The Morgan fingerprint density at radius 2 is 2.26 bits per heavy atom. The third-order valence-electron chi connectivity index (χ3n) is 3.16. The van der Waals surface area contributed by atoms with Crippen molar-refractivity contribution in [2.75, 3.05) is 31.2 Å². The van der Waals surface area contributed by atoms with Crippen molar-refractivity contribution in [3.8, 4) is 0 Å². The van der Waals surface area contributed by atoms with Gasteiger partial charge in [-0.15, -0.1) is 0 Å². The summed E-state index contributed by atoms with van der Waals surface area (Å²) in [6.07, 6.45) is 2.38. The zero-order valence-corrected chi connectivity index (χ0v) is 10.3. The maximum absolute atomic E-state index is 11.0. The predicted octanol–water partition coefficient (Wildman–Crippen LogP) is 0.883. The van der Waals surface area contributed by atoms with Gasteiger partial charge in [-0.05, 0) is 12.5 Å². The molecule has 0 bridgehead atoms. The van der Waals surface area contributed by atoms with Gasteiger partial charge in [0.25, 0.3) is 0 Å². The van der Waals surface area contributed by atoms with Gasteiger partial charge in [-0.1, -0.05) is 0 Å². The van der Waals surface area contributed by atoms with Crippen molar-refractivity contribution in [3.63, 3.8) is 0 Å². The van der Waals surface area contributed by atoms with E-state index in [-0.39, 0.29) is 5.69 Å². The molecule has 0 radical (unpaired) electrons. The van der Waals surface area contributed by atoms with Crippen LogP contribution in [0.15, 0.2) is 12.4 Å². The van der Waals surface area contributed by atoms with Crippen LogP contribution in [0.1, 0.15) is 16.9 Å². The predicted molar refractivity (Wildman–Crippen MR) is 68.5 cm³/mol. The van der Waals surface area contributed by atoms with E-state index in [1.54, 1.807) is 6.07 Å². The molecule has 100 valence electrons. The molecule has 0 aromatic carbocycles. The Bertz CT molecular complexity index is 602. The molecule has 3 heterocycles. The van der Waals surface area contributed by atoms with E-state index in [0.717, 1.165) is 37.3 Å². The summed E-state index contributed by atoms with van der Waals surface area (Å²) < 4.78 is 5.41. The lowest BCUT2D eigenvalue weighted by molar-refractivity contribution is 0.0691. The molecule has 1 aliphatic rings. The molecule has 3 rings (SSSR count). The number of carboxylic acids is 1. The number of carbonyl (C=O) groups is 1. The zero-order valence-electron chi connectivity index (χ0n) is 10.3. The van der Waals surface area contributed by atoms with E-state index in [4.69, 9.17) is 9.84 Å². The number of aromatic amines is 1. The second-order valence-electron chi connectivity index (χ2n) is 4.40. The molecule has 0 spiro atoms. The highest BCUT2D eigenvalue weighted by Crippen LogP contribution is 2.24. The SMILES string of the molecule is O=C(O)c1cc2c(N3CCCOCC3)ncnc2[nH]1. The van der Waals surface area contributed by atoms with Crippen LogP contribution in [0, 0.1) is 0 Å². The number of aromatic carboxylic acids is 1. The normalized spacial score (nSPS) is 16.5. The Hall–Kier alpha value is -2.15. The van der Waals surface area contributed by atoms with Gasteiger partial charge in [0, 0.05) is 19.7 Å². The number of hydrogen-bond acceptors (Lipinski definition) is 5. The molecule has 0 saturated carbocycles. The Balaban J connectivity index is 2.04. The second-order valence-corrected chi connectivity index (χ2v) is 4.40. The van der Waals surface area contributed by atoms with Crippen molar-refractivity contribution in [2.45, 2.75) is 6.42 Å². The van der Waals surface area contributed by atoms with Crippen molar-refractivity contribution in [2.24, 2.45) is 0 Å². The van der Waals surface area contributed by atoms with Crippen molar-refractivity contribution < 1.29 is 14.6 Å². The summed E-state index contributed by atoms with van der Waals surface area (Å²) in [7, 11) is 0. The summed E-state index contributed by atoms with van der Waals surface area (Å²) in [4.78, 5) is 24.3. The van der Waals surface area contributed by atoms with E-state index in [1.165, 1.54) is 6.33 Å². The average molecular weight is 262 g/mol. The monoisotopic (exact) mass is 262 g/mol. The first-order chi connectivity index (χ1) is 9.25. The molecule has 7 heteroatoms. The van der Waals surface area contributed by atoms with Gasteiger partial charge in [-0.3, -0.25) is 0 Å². The lowest BCUT2D eigenvalue weighted by Gasteiger charge is -2.20. The topological polar surface area (TPSA) is 91.3 Å². The number of rotatable bonds is 2. The standard InChI is InChI=1S/C12H14N4O3/c17-12(18)9-6-8-10(15-9)13-7-14-11(8)16-2-1-4-19-5-3-16/h6-7H,1-5H2,(H,17,18)(H,13,14,15). The summed E-state index contributed by atoms with van der Waals surface area (Å²) in [5, 5.41) is 9.76. The van der Waals surface area contributed by atoms with Crippen LogP contribution in [0.2, 0.25) is 0 Å². The van der Waals surface area contributed by atoms with Gasteiger partial charge in [0.05, 0.1) is 12.0 Å². The smallest absolute Gasteiger partial charge is 0.352 e. The van der Waals surface area contributed by atoms with E-state index >= 15 is 0 Å². The van der Waals surface area contributed by atoms with Crippen LogP contribution in [-0.2, 0) is 4.74 Å². The van der Waals surface area contributed by atoms with Gasteiger partial charge >= 0.3 is 5.97 Å². The van der Waals surface area contributed by atoms with Crippen molar-refractivity contribution in [1.29, 1.82) is 0 Å². The Morgan fingerprint density at radius 3 is 3.11 bits per heavy atom. The molecule has 2 aromatic heterocycles. The molecule has 0 atom stereocenters. The van der Waals surface area contributed by atoms with Gasteiger partial charge < -0.3 is 19.7 Å². The van der Waals surface area contributed by atoms with Gasteiger partial charge in [0.15, 0.2) is 0 Å². The molecule has 0 amide bonds. The Kier molecular flexibility index (Phi) is 3.04. The molecule has 0 unspecified atom stereocenters. The molecule has 7 nitrogen and oxygen atoms in total. The molecule has 2 N–H and O–H groups in total. The van der Waals surface area contributed by atoms with E-state index in [2.05, 4.69) is 19.9 Å². The van der Waals surface area contributed by atoms with Crippen LogP contribution in [-0.4, -0.2) is 52.3 Å². The molecule has 1 fully saturated rings. The molecular formula is C12H14N4O3. The number of nitrogens with zero attached hydrogens (tertiary/aromatic N) is 3. The first-order valence-electron chi connectivity index (χ1n) is 6.15. The van der Waals surface area contributed by atoms with E-state index in [0.29, 0.717) is 12.3 Å². The summed E-state index contributed by atoms with van der Waals surface area (Å²) in [5.74, 6) is -0.234. The number of H-pyrrole nitrogens is 1. The van der Waals surface area contributed by atoms with Crippen LogP contribution in [0.3, 0.4) is 0 Å². The van der Waals surface area contributed by atoms with Crippen LogP contribution >= 0.6 is 0 Å². The quantitative estimate of drug-likeness (QED) is 0.835. The van der Waals surface area contributed by atoms with Crippen molar-refractivity contribution >= 4 is 22.8 Å². The first-order valence-corrected chi connectivity index (χ1v) is 6.15. The van der Waals surface area contributed by atoms with Crippen LogP contribution in [0.5, 0.6) is 0 Å². The van der Waals surface area contributed by atoms with Crippen LogP contribution in [0.25, 0.3) is 11.0 Å². The molecule has 0 aliphatic carbocycles. The van der Waals surface area contributed by atoms with Crippen molar-refractivity contribution in [1.82, 2.24) is 15.0 Å². The fourth-order valence-corrected chi connectivity index (χ4v) is 2.25. The minimum atomic E-state index is -0.997. The number of anilines is 1. The number of nitrogens with one attached hydrogen (secondary N) is 1. The third-order valence-corrected chi connectivity index (χ3v) is 3.16. The number of hydrogen-bond donors (Lipinski definition) is 2. The zero-order chi connectivity index (χ0) is 13.2. The summed E-state index contributed by atoms with van der Waals surface area (Å²) in [6.45, 7) is 3.00. The highest BCUT2D eigenvalue weighted by atomic mass is 16.5. The van der Waals surface area contributed by atoms with Crippen LogP contribution < -0.4 is 4.90 Å². The maximum atomic E-state index is 11.0. The fraction of sp³-hybridized carbons (Fsp3) is 0.417. The highest BCUT2D eigenvalue weighted by Gasteiger charge is 2.17. The largest absolute Gasteiger partial charge is 0.477 e. The second kappa shape index (κ2) is 4.85. The van der Waals surface area contributed by atoms with E-state index in [1.807, 2.05) is 0 Å². The molecule has 2 aromatic rings. The van der Waals surface area contributed by atoms with Crippen molar-refractivity contribution in [3.05, 3.63) is 18.1 Å². The highest BCUT2D eigenvalue weighted by molar-refractivity contribution is 5.96. The lowest BCUT2D eigenvalue weighted by Crippen LogP contribution is -2.27. The number of carboxylic acid groups (broad SMARTS) is 1.